The lowest BCUT2D eigenvalue weighted by Crippen LogP contribution is -2.43. The minimum atomic E-state index is -0.0142. The van der Waals surface area contributed by atoms with Crippen LogP contribution in [0, 0.1) is 0 Å². The molecule has 0 atom stereocenters. The zero-order valence-electron chi connectivity index (χ0n) is 15.9. The lowest BCUT2D eigenvalue weighted by Gasteiger charge is -2.40. The van der Waals surface area contributed by atoms with E-state index in [1.807, 2.05) is 6.07 Å². The number of nitrogens with one attached hydrogen (secondary N) is 1. The average molecular weight is 383 g/mol. The molecular weight excluding hydrogens is 358 g/mol. The van der Waals surface area contributed by atoms with Gasteiger partial charge in [0, 0.05) is 43.2 Å². The molecule has 2 aliphatic heterocycles. The molecule has 9 nitrogen and oxygen atoms in total. The number of anilines is 3. The van der Waals surface area contributed by atoms with Crippen molar-refractivity contribution in [3.63, 3.8) is 0 Å². The Morgan fingerprint density at radius 1 is 1.07 bits per heavy atom. The number of ether oxygens (including phenoxy) is 1. The van der Waals surface area contributed by atoms with Crippen LogP contribution in [0.5, 0.6) is 0 Å². The Hall–Kier alpha value is -2.68. The molecule has 9 heteroatoms. The van der Waals surface area contributed by atoms with Gasteiger partial charge in [-0.2, -0.15) is 0 Å². The molecule has 4 heterocycles. The van der Waals surface area contributed by atoms with E-state index in [1.54, 1.807) is 0 Å². The highest BCUT2D eigenvalue weighted by molar-refractivity contribution is 5.48. The van der Waals surface area contributed by atoms with Crippen LogP contribution in [0.2, 0.25) is 0 Å². The number of piperidine rings is 1. The van der Waals surface area contributed by atoms with Crippen molar-refractivity contribution in [3.05, 3.63) is 34.0 Å². The van der Waals surface area contributed by atoms with E-state index >= 15 is 0 Å². The highest BCUT2D eigenvalue weighted by Crippen LogP contribution is 2.45. The first-order valence-corrected chi connectivity index (χ1v) is 9.93. The fraction of sp³-hybridized carbons (Fsp3) is 0.579. The van der Waals surface area contributed by atoms with E-state index < -0.39 is 0 Å². The normalized spacial score (nSPS) is 21.1. The van der Waals surface area contributed by atoms with Gasteiger partial charge in [0.15, 0.2) is 0 Å². The van der Waals surface area contributed by atoms with E-state index in [-0.39, 0.29) is 11.0 Å². The van der Waals surface area contributed by atoms with Crippen molar-refractivity contribution in [2.45, 2.75) is 31.1 Å². The molecule has 0 aromatic carbocycles. The minimum Gasteiger partial charge on any atom is -0.384 e. The minimum absolute atomic E-state index is 0.0142. The van der Waals surface area contributed by atoms with E-state index in [2.05, 4.69) is 24.8 Å². The monoisotopic (exact) mass is 383 g/mol. The number of aromatic amines is 1. The van der Waals surface area contributed by atoms with Gasteiger partial charge < -0.3 is 20.3 Å². The SMILES string of the molecule is Nc1cc(N2CCC3(CCc4c3nc(N3CCOCC3)[nH]c4=O)CC2)ncn1. The zero-order valence-corrected chi connectivity index (χ0v) is 15.9. The molecule has 0 saturated carbocycles. The Morgan fingerprint density at radius 2 is 1.86 bits per heavy atom. The largest absolute Gasteiger partial charge is 0.384 e. The number of morpholine rings is 1. The van der Waals surface area contributed by atoms with Crippen LogP contribution in [0.4, 0.5) is 17.6 Å². The van der Waals surface area contributed by atoms with Crippen LogP contribution in [0.3, 0.4) is 0 Å². The molecule has 5 rings (SSSR count). The molecule has 1 aliphatic carbocycles. The first-order chi connectivity index (χ1) is 13.6. The van der Waals surface area contributed by atoms with E-state index in [4.69, 9.17) is 15.5 Å². The predicted molar refractivity (Wildman–Crippen MR) is 106 cm³/mol. The summed E-state index contributed by atoms with van der Waals surface area (Å²) in [6, 6.07) is 1.82. The second-order valence-corrected chi connectivity index (χ2v) is 7.88. The number of hydrogen-bond donors (Lipinski definition) is 2. The van der Waals surface area contributed by atoms with Gasteiger partial charge in [-0.1, -0.05) is 0 Å². The van der Waals surface area contributed by atoms with E-state index in [1.165, 1.54) is 6.33 Å². The fourth-order valence-electron chi connectivity index (χ4n) is 4.75. The Kier molecular flexibility index (Phi) is 4.19. The van der Waals surface area contributed by atoms with Gasteiger partial charge in [-0.05, 0) is 25.7 Å². The van der Waals surface area contributed by atoms with Crippen LogP contribution >= 0.6 is 0 Å². The molecule has 148 valence electrons. The van der Waals surface area contributed by atoms with Crippen molar-refractivity contribution < 1.29 is 4.74 Å². The van der Waals surface area contributed by atoms with Gasteiger partial charge in [-0.3, -0.25) is 9.78 Å². The Bertz CT molecular complexity index is 930. The van der Waals surface area contributed by atoms with Crippen LogP contribution in [-0.2, 0) is 16.6 Å². The maximum atomic E-state index is 12.7. The van der Waals surface area contributed by atoms with Crippen molar-refractivity contribution in [1.82, 2.24) is 19.9 Å². The van der Waals surface area contributed by atoms with Gasteiger partial charge >= 0.3 is 0 Å². The summed E-state index contributed by atoms with van der Waals surface area (Å²) < 4.78 is 5.43. The van der Waals surface area contributed by atoms with Crippen LogP contribution in [0.1, 0.15) is 30.5 Å². The summed E-state index contributed by atoms with van der Waals surface area (Å²) in [5.41, 5.74) is 7.70. The number of fused-ring (bicyclic) bond motifs is 2. The molecule has 2 aromatic heterocycles. The van der Waals surface area contributed by atoms with Crippen molar-refractivity contribution in [2.75, 3.05) is 54.9 Å². The smallest absolute Gasteiger partial charge is 0.255 e. The molecule has 3 N–H and O–H groups in total. The third-order valence-electron chi connectivity index (χ3n) is 6.39. The van der Waals surface area contributed by atoms with Gasteiger partial charge in [0.1, 0.15) is 18.0 Å². The number of hydrogen-bond acceptors (Lipinski definition) is 8. The number of nitrogens with zero attached hydrogens (tertiary/aromatic N) is 5. The highest BCUT2D eigenvalue weighted by atomic mass is 16.5. The second kappa shape index (κ2) is 6.73. The summed E-state index contributed by atoms with van der Waals surface area (Å²) in [6.45, 7) is 4.61. The Morgan fingerprint density at radius 3 is 2.61 bits per heavy atom. The molecule has 2 aromatic rings. The number of nitrogens with two attached hydrogens (primary N) is 1. The van der Waals surface area contributed by atoms with Gasteiger partial charge in [0.2, 0.25) is 5.95 Å². The van der Waals surface area contributed by atoms with Crippen molar-refractivity contribution >= 4 is 17.6 Å². The summed E-state index contributed by atoms with van der Waals surface area (Å²) in [7, 11) is 0. The molecule has 3 aliphatic rings. The number of H-pyrrole nitrogens is 1. The van der Waals surface area contributed by atoms with Crippen LogP contribution < -0.4 is 21.1 Å². The molecule has 0 amide bonds. The molecule has 0 unspecified atom stereocenters. The average Bonchev–Trinajstić information content (AvgIpc) is 3.08. The van der Waals surface area contributed by atoms with Crippen LogP contribution in [0.25, 0.3) is 0 Å². The lowest BCUT2D eigenvalue weighted by molar-refractivity contribution is 0.122. The third-order valence-corrected chi connectivity index (χ3v) is 6.39. The van der Waals surface area contributed by atoms with Crippen molar-refractivity contribution in [2.24, 2.45) is 0 Å². The summed E-state index contributed by atoms with van der Waals surface area (Å²) in [5.74, 6) is 2.05. The van der Waals surface area contributed by atoms with Crippen molar-refractivity contribution in [1.29, 1.82) is 0 Å². The Labute approximate surface area is 162 Å². The van der Waals surface area contributed by atoms with Gasteiger partial charge in [0.25, 0.3) is 5.56 Å². The zero-order chi connectivity index (χ0) is 19.1. The predicted octanol–water partition coefficient (Wildman–Crippen LogP) is 0.463. The molecule has 2 saturated heterocycles. The standard InChI is InChI=1S/C19H25N7O2/c20-14-11-15(22-12-21-14)25-5-3-19(4-6-25)2-1-13-16(19)23-18(24-17(13)27)26-7-9-28-10-8-26/h11-12H,1-10H2,(H2,20,21,22)(H,23,24,27). The third kappa shape index (κ3) is 2.90. The molecule has 1 spiro atoms. The van der Waals surface area contributed by atoms with E-state index in [9.17, 15) is 4.79 Å². The molecular formula is C19H25N7O2. The molecule has 0 bridgehead atoms. The van der Waals surface area contributed by atoms with Crippen LogP contribution in [0.15, 0.2) is 17.2 Å². The van der Waals surface area contributed by atoms with E-state index in [0.29, 0.717) is 25.0 Å². The van der Waals surface area contributed by atoms with Gasteiger partial charge in [0.05, 0.1) is 18.9 Å². The number of nitrogen functional groups attached to an aromatic ring is 1. The van der Waals surface area contributed by atoms with Gasteiger partial charge in [-0.15, -0.1) is 0 Å². The van der Waals surface area contributed by atoms with Gasteiger partial charge in [-0.25, -0.2) is 15.0 Å². The summed E-state index contributed by atoms with van der Waals surface area (Å²) >= 11 is 0. The maximum Gasteiger partial charge on any atom is 0.255 e. The highest BCUT2D eigenvalue weighted by Gasteiger charge is 2.44. The van der Waals surface area contributed by atoms with Crippen LogP contribution in [-0.4, -0.2) is 59.3 Å². The lowest BCUT2D eigenvalue weighted by atomic mass is 9.76. The molecule has 28 heavy (non-hydrogen) atoms. The number of rotatable bonds is 2. The molecule has 0 radical (unpaired) electrons. The topological polar surface area (TPSA) is 113 Å². The molecule has 2 fully saturated rings. The summed E-state index contributed by atoms with van der Waals surface area (Å²) in [4.78, 5) is 33.4. The first kappa shape index (κ1) is 17.4. The summed E-state index contributed by atoms with van der Waals surface area (Å²) in [5, 5.41) is 0. The first-order valence-electron chi connectivity index (χ1n) is 9.93. The fourth-order valence-corrected chi connectivity index (χ4v) is 4.75. The summed E-state index contributed by atoms with van der Waals surface area (Å²) in [6.07, 6.45) is 5.23. The maximum absolute atomic E-state index is 12.7. The quantitative estimate of drug-likeness (QED) is 0.769. The van der Waals surface area contributed by atoms with E-state index in [0.717, 1.165) is 68.9 Å². The number of aromatic nitrogens is 4. The second-order valence-electron chi connectivity index (χ2n) is 7.88. The Balaban J connectivity index is 1.41. The van der Waals surface area contributed by atoms with Crippen molar-refractivity contribution in [3.8, 4) is 0 Å².